The van der Waals surface area contributed by atoms with Gasteiger partial charge >= 0.3 is 0 Å². The van der Waals surface area contributed by atoms with Gasteiger partial charge in [0.25, 0.3) is 5.56 Å². The van der Waals surface area contributed by atoms with Gasteiger partial charge in [-0.2, -0.15) is 0 Å². The van der Waals surface area contributed by atoms with Gasteiger partial charge in [-0.25, -0.2) is 13.4 Å². The van der Waals surface area contributed by atoms with Gasteiger partial charge in [-0.15, -0.1) is 0 Å². The maximum absolute atomic E-state index is 12.8. The molecule has 1 aliphatic rings. The van der Waals surface area contributed by atoms with E-state index in [1.54, 1.807) is 48.7 Å². The number of morpholine rings is 1. The zero-order chi connectivity index (χ0) is 18.9. The monoisotopic (exact) mass is 385 g/mol. The van der Waals surface area contributed by atoms with Gasteiger partial charge in [0.1, 0.15) is 11.5 Å². The van der Waals surface area contributed by atoms with Crippen LogP contribution in [0.5, 0.6) is 0 Å². The Morgan fingerprint density at radius 2 is 1.78 bits per heavy atom. The van der Waals surface area contributed by atoms with Crippen LogP contribution in [0.1, 0.15) is 5.56 Å². The first-order chi connectivity index (χ1) is 13.0. The van der Waals surface area contributed by atoms with E-state index in [0.29, 0.717) is 43.3 Å². The molecular weight excluding hydrogens is 366 g/mol. The predicted molar refractivity (Wildman–Crippen MR) is 102 cm³/mol. The van der Waals surface area contributed by atoms with Crippen LogP contribution in [-0.2, 0) is 20.3 Å². The normalized spacial score (nSPS) is 15.2. The quantitative estimate of drug-likeness (QED) is 0.677. The number of hydrogen-bond acceptors (Lipinski definition) is 6. The fourth-order valence-electron chi connectivity index (χ4n) is 3.15. The zero-order valence-electron chi connectivity index (χ0n) is 14.6. The highest BCUT2D eigenvalue weighted by molar-refractivity contribution is 7.90. The predicted octanol–water partition coefficient (Wildman–Crippen LogP) is 1.50. The molecule has 0 unspecified atom stereocenters. The maximum atomic E-state index is 12.8. The second-order valence-corrected chi connectivity index (χ2v) is 8.34. The number of hydrogen-bond donors (Lipinski definition) is 0. The standard InChI is InChI=1S/C19H19N3O4S/c23-18-13-17(21-9-11-26-12-10-21)20-19-15(5-4-8-22(18)19)14-27(24,25)16-6-2-1-3-7-16/h1-8,13H,9-12,14H2. The summed E-state index contributed by atoms with van der Waals surface area (Å²) < 4.78 is 32.3. The Hall–Kier alpha value is -2.71. The average molecular weight is 385 g/mol. The molecule has 27 heavy (non-hydrogen) atoms. The fourth-order valence-corrected chi connectivity index (χ4v) is 4.53. The number of sulfone groups is 1. The van der Waals surface area contributed by atoms with Gasteiger partial charge in [0.05, 0.1) is 23.9 Å². The molecule has 2 aromatic heterocycles. The number of benzene rings is 1. The lowest BCUT2D eigenvalue weighted by Gasteiger charge is -2.27. The third kappa shape index (κ3) is 3.58. The molecule has 1 saturated heterocycles. The first kappa shape index (κ1) is 17.7. The van der Waals surface area contributed by atoms with E-state index in [2.05, 4.69) is 4.98 Å². The maximum Gasteiger partial charge on any atom is 0.259 e. The first-order valence-corrected chi connectivity index (χ1v) is 10.3. The second-order valence-electron chi connectivity index (χ2n) is 6.35. The van der Waals surface area contributed by atoms with Crippen molar-refractivity contribution in [1.29, 1.82) is 0 Å². The van der Waals surface area contributed by atoms with Gasteiger partial charge < -0.3 is 9.64 Å². The Morgan fingerprint density at radius 3 is 2.52 bits per heavy atom. The number of pyridine rings is 1. The molecule has 0 amide bonds. The van der Waals surface area contributed by atoms with Crippen LogP contribution >= 0.6 is 0 Å². The molecule has 140 valence electrons. The third-order valence-electron chi connectivity index (χ3n) is 4.54. The minimum absolute atomic E-state index is 0.222. The van der Waals surface area contributed by atoms with Crippen LogP contribution in [0.2, 0.25) is 0 Å². The highest BCUT2D eigenvalue weighted by atomic mass is 32.2. The lowest BCUT2D eigenvalue weighted by molar-refractivity contribution is 0.122. The summed E-state index contributed by atoms with van der Waals surface area (Å²) in [6, 6.07) is 13.1. The largest absolute Gasteiger partial charge is 0.378 e. The average Bonchev–Trinajstić information content (AvgIpc) is 2.70. The Bertz CT molecular complexity index is 1120. The Kier molecular flexibility index (Phi) is 4.67. The van der Waals surface area contributed by atoms with Gasteiger partial charge in [0.15, 0.2) is 9.84 Å². The van der Waals surface area contributed by atoms with Crippen molar-refractivity contribution in [3.63, 3.8) is 0 Å². The van der Waals surface area contributed by atoms with E-state index in [0.717, 1.165) is 0 Å². The van der Waals surface area contributed by atoms with Gasteiger partial charge in [0, 0.05) is 30.9 Å². The molecule has 1 aliphatic heterocycles. The molecule has 0 atom stereocenters. The second kappa shape index (κ2) is 7.13. The molecule has 3 heterocycles. The van der Waals surface area contributed by atoms with E-state index < -0.39 is 9.84 Å². The van der Waals surface area contributed by atoms with Gasteiger partial charge in [-0.05, 0) is 18.2 Å². The van der Waals surface area contributed by atoms with Crippen molar-refractivity contribution in [1.82, 2.24) is 9.38 Å². The summed E-state index contributed by atoms with van der Waals surface area (Å²) in [6.45, 7) is 2.44. The van der Waals surface area contributed by atoms with Crippen LogP contribution < -0.4 is 10.5 Å². The van der Waals surface area contributed by atoms with Crippen LogP contribution in [-0.4, -0.2) is 44.1 Å². The fraction of sp³-hybridized carbons (Fsp3) is 0.263. The molecule has 0 spiro atoms. The van der Waals surface area contributed by atoms with E-state index in [1.807, 2.05) is 4.90 Å². The zero-order valence-corrected chi connectivity index (χ0v) is 15.4. The van der Waals surface area contributed by atoms with E-state index >= 15 is 0 Å². The van der Waals surface area contributed by atoms with Crippen molar-refractivity contribution < 1.29 is 13.2 Å². The van der Waals surface area contributed by atoms with Crippen LogP contribution in [0.25, 0.3) is 5.65 Å². The van der Waals surface area contributed by atoms with Crippen molar-refractivity contribution in [3.8, 4) is 0 Å². The van der Waals surface area contributed by atoms with Crippen molar-refractivity contribution in [2.75, 3.05) is 31.2 Å². The van der Waals surface area contributed by atoms with E-state index in [-0.39, 0.29) is 16.2 Å². The van der Waals surface area contributed by atoms with Gasteiger partial charge in [0.2, 0.25) is 0 Å². The lowest BCUT2D eigenvalue weighted by atomic mass is 10.3. The molecular formula is C19H19N3O4S. The summed E-state index contributed by atoms with van der Waals surface area (Å²) in [7, 11) is -3.54. The highest BCUT2D eigenvalue weighted by Gasteiger charge is 2.19. The minimum atomic E-state index is -3.54. The molecule has 7 nitrogen and oxygen atoms in total. The first-order valence-electron chi connectivity index (χ1n) is 8.66. The summed E-state index contributed by atoms with van der Waals surface area (Å²) in [5.74, 6) is 0.327. The lowest BCUT2D eigenvalue weighted by Crippen LogP contribution is -2.37. The number of fused-ring (bicyclic) bond motifs is 1. The van der Waals surface area contributed by atoms with Gasteiger partial charge in [-0.1, -0.05) is 24.3 Å². The minimum Gasteiger partial charge on any atom is -0.378 e. The van der Waals surface area contributed by atoms with Crippen molar-refractivity contribution in [2.24, 2.45) is 0 Å². The van der Waals surface area contributed by atoms with Crippen LogP contribution in [0.4, 0.5) is 5.82 Å². The van der Waals surface area contributed by atoms with E-state index in [9.17, 15) is 13.2 Å². The summed E-state index contributed by atoms with van der Waals surface area (Å²) in [5, 5.41) is 0. The number of rotatable bonds is 4. The smallest absolute Gasteiger partial charge is 0.259 e. The number of nitrogens with zero attached hydrogens (tertiary/aromatic N) is 3. The molecule has 8 heteroatoms. The summed E-state index contributed by atoms with van der Waals surface area (Å²) >= 11 is 0. The molecule has 1 aromatic carbocycles. The molecule has 0 radical (unpaired) electrons. The molecule has 4 rings (SSSR count). The van der Waals surface area contributed by atoms with Crippen molar-refractivity contribution in [2.45, 2.75) is 10.6 Å². The van der Waals surface area contributed by atoms with E-state index in [4.69, 9.17) is 4.74 Å². The molecule has 1 fully saturated rings. The number of aromatic nitrogens is 2. The summed E-state index contributed by atoms with van der Waals surface area (Å²) in [4.78, 5) is 19.4. The molecule has 0 bridgehead atoms. The Labute approximate surface area is 156 Å². The van der Waals surface area contributed by atoms with Crippen molar-refractivity contribution in [3.05, 3.63) is 70.6 Å². The SMILES string of the molecule is O=c1cc(N2CCOCC2)nc2c(CS(=O)(=O)c3ccccc3)cccn12. The molecule has 0 N–H and O–H groups in total. The topological polar surface area (TPSA) is 81.0 Å². The number of anilines is 1. The Balaban J connectivity index is 1.79. The van der Waals surface area contributed by atoms with Crippen molar-refractivity contribution >= 4 is 21.3 Å². The van der Waals surface area contributed by atoms with Crippen LogP contribution in [0.3, 0.4) is 0 Å². The van der Waals surface area contributed by atoms with Gasteiger partial charge in [-0.3, -0.25) is 9.20 Å². The van der Waals surface area contributed by atoms with Crippen LogP contribution in [0, 0.1) is 0 Å². The third-order valence-corrected chi connectivity index (χ3v) is 6.22. The Morgan fingerprint density at radius 1 is 1.04 bits per heavy atom. The number of ether oxygens (including phenoxy) is 1. The molecule has 3 aromatic rings. The molecule has 0 saturated carbocycles. The molecule has 0 aliphatic carbocycles. The summed E-state index contributed by atoms with van der Waals surface area (Å²) in [6.07, 6.45) is 1.60. The van der Waals surface area contributed by atoms with E-state index in [1.165, 1.54) is 10.5 Å². The summed E-state index contributed by atoms with van der Waals surface area (Å²) in [5.41, 5.74) is 0.625. The van der Waals surface area contributed by atoms with Crippen LogP contribution in [0.15, 0.2) is 64.4 Å². The highest BCUT2D eigenvalue weighted by Crippen LogP contribution is 2.20.